The molecular weight excluding hydrogens is 832 g/mol. The molecule has 0 radical (unpaired) electrons. The molecule has 0 saturated carbocycles. The van der Waals surface area contributed by atoms with Crippen LogP contribution in [0.2, 0.25) is 0 Å². The molecule has 0 N–H and O–H groups in total. The van der Waals surface area contributed by atoms with E-state index >= 15 is 0 Å². The average Bonchev–Trinajstić information content (AvgIpc) is 3.61. The molecular formula is C47H50N4OPt. The molecule has 0 aliphatic carbocycles. The van der Waals surface area contributed by atoms with E-state index in [1.54, 1.807) is 0 Å². The van der Waals surface area contributed by atoms with Crippen LogP contribution in [0.15, 0.2) is 85.1 Å². The van der Waals surface area contributed by atoms with Crippen molar-refractivity contribution in [2.24, 2.45) is 5.92 Å². The van der Waals surface area contributed by atoms with Crippen LogP contribution in [-0.4, -0.2) is 19.3 Å². The van der Waals surface area contributed by atoms with Gasteiger partial charge in [0.15, 0.2) is 0 Å². The standard InChI is InChI=1S/C47H50N4O.Pt/c1-10-14-34-23-24-48-44(25-34)50-41-18-12-11-17-39(41)40-21-20-37(29-43(40)50)52-38-27-35(47(7,8)9)26-36(28-38)51-42(22-19-30(2)3)46(33(6)49-51)45-31(4)15-13-16-32(45)5;/h11-13,15-18,20-21,23-27,30H,10,14,19,22H2,1-9H3;/q-2;+2. The van der Waals surface area contributed by atoms with Crippen LogP contribution >= 0.6 is 0 Å². The molecule has 0 aliphatic heterocycles. The maximum absolute atomic E-state index is 6.75. The van der Waals surface area contributed by atoms with Gasteiger partial charge in [-0.25, -0.2) is 4.98 Å². The number of rotatable bonds is 10. The molecule has 0 aliphatic rings. The van der Waals surface area contributed by atoms with Crippen LogP contribution in [-0.2, 0) is 39.3 Å². The zero-order valence-corrected chi connectivity index (χ0v) is 34.8. The summed E-state index contributed by atoms with van der Waals surface area (Å²) in [5.41, 5.74) is 12.5. The number of hydrogen-bond acceptors (Lipinski definition) is 3. The predicted molar refractivity (Wildman–Crippen MR) is 215 cm³/mol. The second-order valence-electron chi connectivity index (χ2n) is 15.7. The van der Waals surface area contributed by atoms with Gasteiger partial charge in [0.1, 0.15) is 5.82 Å². The molecule has 4 aromatic carbocycles. The fourth-order valence-electron chi connectivity index (χ4n) is 7.41. The largest absolute Gasteiger partial charge is 2.00 e. The molecule has 0 atom stereocenters. The molecule has 53 heavy (non-hydrogen) atoms. The molecule has 3 aromatic heterocycles. The topological polar surface area (TPSA) is 44.9 Å². The Morgan fingerprint density at radius 2 is 1.55 bits per heavy atom. The minimum atomic E-state index is -0.132. The van der Waals surface area contributed by atoms with E-state index in [-0.39, 0.29) is 26.5 Å². The second-order valence-corrected chi connectivity index (χ2v) is 15.7. The van der Waals surface area contributed by atoms with Crippen molar-refractivity contribution in [2.75, 3.05) is 0 Å². The van der Waals surface area contributed by atoms with Gasteiger partial charge in [-0.15, -0.1) is 41.3 Å². The van der Waals surface area contributed by atoms with Gasteiger partial charge in [0.05, 0.1) is 5.69 Å². The van der Waals surface area contributed by atoms with Gasteiger partial charge in [-0.05, 0) is 103 Å². The monoisotopic (exact) mass is 881 g/mol. The summed E-state index contributed by atoms with van der Waals surface area (Å²) >= 11 is 0. The Hall–Kier alpha value is -4.47. The first-order valence-electron chi connectivity index (χ1n) is 18.7. The Balaban J connectivity index is 0.00000481. The van der Waals surface area contributed by atoms with Gasteiger partial charge < -0.3 is 9.30 Å². The first-order chi connectivity index (χ1) is 24.9. The van der Waals surface area contributed by atoms with Crippen molar-refractivity contribution < 1.29 is 25.8 Å². The number of para-hydroxylation sites is 1. The predicted octanol–water partition coefficient (Wildman–Crippen LogP) is 12.2. The SMILES string of the molecule is CCCc1ccnc(-n2c3[c-]c(Oc4[c-]c(-n5nc(C)c(-c6c(C)cccc6C)c5CCC(C)C)cc(C(C)(C)C)c4)ccc3c3ccccc32)c1.[Pt+2]. The van der Waals surface area contributed by atoms with Crippen LogP contribution in [0.5, 0.6) is 11.5 Å². The first kappa shape index (κ1) is 38.3. The molecule has 0 bridgehead atoms. The summed E-state index contributed by atoms with van der Waals surface area (Å²) in [4.78, 5) is 4.82. The average molecular weight is 882 g/mol. The third kappa shape index (κ3) is 7.64. The Labute approximate surface area is 329 Å². The zero-order chi connectivity index (χ0) is 36.7. The van der Waals surface area contributed by atoms with Gasteiger partial charge in [0.2, 0.25) is 0 Å². The van der Waals surface area contributed by atoms with Crippen LogP contribution in [0, 0.1) is 38.8 Å². The van der Waals surface area contributed by atoms with E-state index < -0.39 is 0 Å². The Morgan fingerprint density at radius 3 is 2.26 bits per heavy atom. The van der Waals surface area contributed by atoms with Gasteiger partial charge in [0.25, 0.3) is 0 Å². The summed E-state index contributed by atoms with van der Waals surface area (Å²) in [6.45, 7) is 20.0. The zero-order valence-electron chi connectivity index (χ0n) is 32.5. The van der Waals surface area contributed by atoms with E-state index in [9.17, 15) is 0 Å². The number of aromatic nitrogens is 4. The minimum Gasteiger partial charge on any atom is -0.509 e. The third-order valence-electron chi connectivity index (χ3n) is 10.1. The fourth-order valence-corrected chi connectivity index (χ4v) is 7.41. The van der Waals surface area contributed by atoms with Crippen LogP contribution in [0.1, 0.15) is 88.0 Å². The summed E-state index contributed by atoms with van der Waals surface area (Å²) < 4.78 is 11.1. The normalized spacial score (nSPS) is 11.8. The third-order valence-corrected chi connectivity index (χ3v) is 10.1. The van der Waals surface area contributed by atoms with E-state index in [1.807, 2.05) is 12.3 Å². The van der Waals surface area contributed by atoms with Crippen molar-refractivity contribution in [1.82, 2.24) is 19.3 Å². The number of benzene rings is 4. The molecule has 274 valence electrons. The summed E-state index contributed by atoms with van der Waals surface area (Å²) in [7, 11) is 0. The van der Waals surface area contributed by atoms with Crippen LogP contribution in [0.3, 0.4) is 0 Å². The van der Waals surface area contributed by atoms with Crippen molar-refractivity contribution in [3.8, 4) is 34.1 Å². The van der Waals surface area contributed by atoms with Crippen molar-refractivity contribution in [3.05, 3.63) is 131 Å². The van der Waals surface area contributed by atoms with E-state index in [4.69, 9.17) is 14.8 Å². The van der Waals surface area contributed by atoms with Gasteiger partial charge in [0, 0.05) is 34.5 Å². The number of ether oxygens (including phenoxy) is 1. The number of nitrogens with zero attached hydrogens (tertiary/aromatic N) is 4. The molecule has 5 nitrogen and oxygen atoms in total. The summed E-state index contributed by atoms with van der Waals surface area (Å²) in [5, 5.41) is 7.50. The fraction of sp³-hybridized carbons (Fsp3) is 0.319. The minimum absolute atomic E-state index is 0. The summed E-state index contributed by atoms with van der Waals surface area (Å²) in [6.07, 6.45) is 5.97. The Morgan fingerprint density at radius 1 is 0.792 bits per heavy atom. The molecule has 0 amide bonds. The van der Waals surface area contributed by atoms with E-state index in [1.165, 1.54) is 33.5 Å². The van der Waals surface area contributed by atoms with Gasteiger partial charge in [-0.3, -0.25) is 4.68 Å². The van der Waals surface area contributed by atoms with E-state index in [0.29, 0.717) is 17.4 Å². The van der Waals surface area contributed by atoms with E-state index in [2.05, 4.69) is 156 Å². The Kier molecular flexibility index (Phi) is 11.2. The first-order valence-corrected chi connectivity index (χ1v) is 18.7. The van der Waals surface area contributed by atoms with Gasteiger partial charge >= 0.3 is 21.1 Å². The quantitative estimate of drug-likeness (QED) is 0.129. The smallest absolute Gasteiger partial charge is 0.509 e. The maximum Gasteiger partial charge on any atom is 2.00 e. The van der Waals surface area contributed by atoms with Crippen LogP contribution in [0.4, 0.5) is 0 Å². The number of aryl methyl sites for hydroxylation is 4. The molecule has 3 heterocycles. The van der Waals surface area contributed by atoms with Crippen molar-refractivity contribution >= 4 is 21.8 Å². The Bertz CT molecular complexity index is 2390. The number of fused-ring (bicyclic) bond motifs is 3. The van der Waals surface area contributed by atoms with Crippen LogP contribution < -0.4 is 4.74 Å². The van der Waals surface area contributed by atoms with Gasteiger partial charge in [-0.2, -0.15) is 11.2 Å². The summed E-state index contributed by atoms with van der Waals surface area (Å²) in [6, 6.07) is 35.1. The molecule has 7 rings (SSSR count). The molecule has 6 heteroatoms. The van der Waals surface area contributed by atoms with Crippen molar-refractivity contribution in [1.29, 1.82) is 0 Å². The number of pyridine rings is 1. The summed E-state index contributed by atoms with van der Waals surface area (Å²) in [5.74, 6) is 2.71. The molecule has 0 spiro atoms. The van der Waals surface area contributed by atoms with Gasteiger partial charge in [-0.1, -0.05) is 89.9 Å². The van der Waals surface area contributed by atoms with Crippen molar-refractivity contribution in [3.63, 3.8) is 0 Å². The number of hydrogen-bond donors (Lipinski definition) is 0. The van der Waals surface area contributed by atoms with Crippen molar-refractivity contribution in [2.45, 2.75) is 93.4 Å². The molecule has 0 fully saturated rings. The maximum atomic E-state index is 6.75. The van der Waals surface area contributed by atoms with Crippen LogP contribution in [0.25, 0.3) is 44.4 Å². The van der Waals surface area contributed by atoms with E-state index in [0.717, 1.165) is 70.3 Å². The second kappa shape index (κ2) is 15.5. The molecule has 0 unspecified atom stereocenters. The molecule has 0 saturated heterocycles. The molecule has 7 aromatic rings.